The van der Waals surface area contributed by atoms with Gasteiger partial charge < -0.3 is 4.74 Å². The van der Waals surface area contributed by atoms with Gasteiger partial charge in [0.25, 0.3) is 0 Å². The van der Waals surface area contributed by atoms with Gasteiger partial charge in [-0.1, -0.05) is 17.7 Å². The summed E-state index contributed by atoms with van der Waals surface area (Å²) >= 11 is 1.44. The van der Waals surface area contributed by atoms with Crippen LogP contribution in [0.1, 0.15) is 53.0 Å². The monoisotopic (exact) mass is 452 g/mol. The first kappa shape index (κ1) is 25.0. The molecule has 0 radical (unpaired) electrons. The molecule has 0 N–H and O–H groups in total. The maximum atomic E-state index is 12.9. The number of methoxy groups -OCH3 is 1. The number of hydrogen-bond acceptors (Lipinski definition) is 4. The molecule has 0 bridgehead atoms. The zero-order valence-electron chi connectivity index (χ0n) is 18.1. The fraction of sp³-hybridized carbons (Fsp3) is 0.417. The van der Waals surface area contributed by atoms with Crippen molar-refractivity contribution in [3.63, 3.8) is 0 Å². The highest BCUT2D eigenvalue weighted by Crippen LogP contribution is 2.31. The Morgan fingerprint density at radius 3 is 2.10 bits per heavy atom. The highest BCUT2D eigenvalue weighted by molar-refractivity contribution is 7.99. The SMILES string of the molecule is COC(=O)C(C(=O)CCCCSc1ccc(C(F)(F)F)cc1)c1c(C)cc(C)cc1C. The largest absolute Gasteiger partial charge is 0.468 e. The number of unbranched alkanes of at least 4 members (excludes halogenated alkanes) is 1. The molecule has 0 aliphatic rings. The summed E-state index contributed by atoms with van der Waals surface area (Å²) < 4.78 is 42.8. The molecule has 0 amide bonds. The van der Waals surface area contributed by atoms with Crippen molar-refractivity contribution in [2.75, 3.05) is 12.9 Å². The van der Waals surface area contributed by atoms with E-state index in [4.69, 9.17) is 4.74 Å². The van der Waals surface area contributed by atoms with Gasteiger partial charge in [-0.25, -0.2) is 0 Å². The smallest absolute Gasteiger partial charge is 0.416 e. The number of rotatable bonds is 9. The lowest BCUT2D eigenvalue weighted by Crippen LogP contribution is -2.25. The summed E-state index contributed by atoms with van der Waals surface area (Å²) in [5, 5.41) is 0. The number of benzene rings is 2. The van der Waals surface area contributed by atoms with E-state index in [9.17, 15) is 22.8 Å². The number of hydrogen-bond donors (Lipinski definition) is 0. The van der Waals surface area contributed by atoms with Crippen molar-refractivity contribution in [3.8, 4) is 0 Å². The number of esters is 1. The topological polar surface area (TPSA) is 43.4 Å². The number of aryl methyl sites for hydroxylation is 3. The fourth-order valence-electron chi connectivity index (χ4n) is 3.65. The van der Waals surface area contributed by atoms with E-state index >= 15 is 0 Å². The van der Waals surface area contributed by atoms with Crippen molar-refractivity contribution >= 4 is 23.5 Å². The number of halogens is 3. The molecule has 1 unspecified atom stereocenters. The summed E-state index contributed by atoms with van der Waals surface area (Å²) in [6.07, 6.45) is -2.81. The Morgan fingerprint density at radius 1 is 1.00 bits per heavy atom. The highest BCUT2D eigenvalue weighted by Gasteiger charge is 2.32. The van der Waals surface area contributed by atoms with Crippen LogP contribution in [0, 0.1) is 20.8 Å². The zero-order valence-corrected chi connectivity index (χ0v) is 19.0. The van der Waals surface area contributed by atoms with Crippen molar-refractivity contribution in [1.82, 2.24) is 0 Å². The van der Waals surface area contributed by atoms with Gasteiger partial charge in [-0.3, -0.25) is 9.59 Å². The van der Waals surface area contributed by atoms with Gasteiger partial charge in [-0.15, -0.1) is 11.8 Å². The molecule has 0 aromatic heterocycles. The van der Waals surface area contributed by atoms with Crippen LogP contribution in [0.25, 0.3) is 0 Å². The van der Waals surface area contributed by atoms with Crippen LogP contribution in [0.2, 0.25) is 0 Å². The molecule has 1 atom stereocenters. The van der Waals surface area contributed by atoms with Gasteiger partial charge in [0.2, 0.25) is 0 Å². The van der Waals surface area contributed by atoms with Crippen molar-refractivity contribution in [2.24, 2.45) is 0 Å². The molecule has 0 aliphatic heterocycles. The second-order valence-electron chi connectivity index (χ2n) is 7.56. The zero-order chi connectivity index (χ0) is 23.2. The van der Waals surface area contributed by atoms with Crippen molar-refractivity contribution < 1.29 is 27.5 Å². The van der Waals surface area contributed by atoms with Crippen LogP contribution in [0.3, 0.4) is 0 Å². The maximum absolute atomic E-state index is 12.9. The number of carbonyl (C=O) groups is 2. The van der Waals surface area contributed by atoms with Crippen LogP contribution in [-0.2, 0) is 20.5 Å². The molecule has 0 spiro atoms. The van der Waals surface area contributed by atoms with Crippen LogP contribution < -0.4 is 0 Å². The first-order chi connectivity index (χ1) is 14.5. The Hall–Kier alpha value is -2.28. The summed E-state index contributed by atoms with van der Waals surface area (Å²) in [6.45, 7) is 5.74. The van der Waals surface area contributed by atoms with Gasteiger partial charge in [0.15, 0.2) is 5.78 Å². The Kier molecular flexibility index (Phi) is 8.74. The number of carbonyl (C=O) groups excluding carboxylic acids is 2. The van der Waals surface area contributed by atoms with Crippen LogP contribution in [-0.4, -0.2) is 24.6 Å². The molecule has 0 heterocycles. The summed E-state index contributed by atoms with van der Waals surface area (Å²) in [5.74, 6) is -1.00. The number of ether oxygens (including phenoxy) is 1. The standard InChI is InChI=1S/C24H27F3O3S/c1-15-13-16(2)21(17(3)14-15)22(23(29)30-4)20(28)7-5-6-12-31-19-10-8-18(9-11-19)24(25,26)27/h8-11,13-14,22H,5-7,12H2,1-4H3. The number of alkyl halides is 3. The molecule has 31 heavy (non-hydrogen) atoms. The molecule has 2 rings (SSSR count). The van der Waals surface area contributed by atoms with Crippen molar-refractivity contribution in [1.29, 1.82) is 0 Å². The van der Waals surface area contributed by atoms with E-state index in [-0.39, 0.29) is 12.2 Å². The molecule has 3 nitrogen and oxygen atoms in total. The fourth-order valence-corrected chi connectivity index (χ4v) is 4.56. The second-order valence-corrected chi connectivity index (χ2v) is 8.73. The Bertz CT molecular complexity index is 898. The number of ketones is 1. The van der Waals surface area contributed by atoms with E-state index < -0.39 is 23.6 Å². The lowest BCUT2D eigenvalue weighted by molar-refractivity contribution is -0.145. The van der Waals surface area contributed by atoms with Gasteiger partial charge in [0.05, 0.1) is 12.7 Å². The minimum Gasteiger partial charge on any atom is -0.468 e. The molecule has 2 aromatic rings. The average molecular weight is 453 g/mol. The molecule has 7 heteroatoms. The second kappa shape index (κ2) is 10.8. The van der Waals surface area contributed by atoms with Gasteiger partial charge in [0, 0.05) is 11.3 Å². The Morgan fingerprint density at radius 2 is 1.58 bits per heavy atom. The number of thioether (sulfide) groups is 1. The minimum absolute atomic E-state index is 0.179. The third kappa shape index (κ3) is 6.86. The minimum atomic E-state index is -4.34. The van der Waals surface area contributed by atoms with Gasteiger partial charge in [0.1, 0.15) is 5.92 Å². The Labute approximate surface area is 185 Å². The summed E-state index contributed by atoms with van der Waals surface area (Å²) in [6, 6.07) is 8.94. The lowest BCUT2D eigenvalue weighted by Gasteiger charge is -2.19. The Balaban J connectivity index is 1.93. The average Bonchev–Trinajstić information content (AvgIpc) is 2.69. The van der Waals surface area contributed by atoms with Crippen molar-refractivity contribution in [3.05, 3.63) is 64.2 Å². The van der Waals surface area contributed by atoms with Crippen LogP contribution >= 0.6 is 11.8 Å². The molecule has 0 aliphatic carbocycles. The highest BCUT2D eigenvalue weighted by atomic mass is 32.2. The first-order valence-corrected chi connectivity index (χ1v) is 11.0. The van der Waals surface area contributed by atoms with E-state index in [1.54, 1.807) is 0 Å². The summed E-state index contributed by atoms with van der Waals surface area (Å²) in [4.78, 5) is 26.0. The molecule has 0 fully saturated rings. The number of Topliss-reactive ketones (excluding diaryl/α,β-unsaturated/α-hetero) is 1. The summed E-state index contributed by atoms with van der Waals surface area (Å²) in [5.41, 5.74) is 2.88. The maximum Gasteiger partial charge on any atom is 0.416 e. The normalized spacial score (nSPS) is 12.5. The van der Waals surface area contributed by atoms with Crippen LogP contribution in [0.4, 0.5) is 13.2 Å². The molecular weight excluding hydrogens is 425 g/mol. The van der Waals surface area contributed by atoms with Gasteiger partial charge >= 0.3 is 12.1 Å². The predicted octanol–water partition coefficient (Wildman–Crippen LogP) is 6.42. The first-order valence-electron chi connectivity index (χ1n) is 10.0. The van der Waals surface area contributed by atoms with Crippen LogP contribution in [0.5, 0.6) is 0 Å². The van der Waals surface area contributed by atoms with Crippen LogP contribution in [0.15, 0.2) is 41.3 Å². The lowest BCUT2D eigenvalue weighted by atomic mass is 9.85. The molecule has 0 saturated heterocycles. The third-order valence-electron chi connectivity index (χ3n) is 5.05. The molecule has 168 valence electrons. The van der Waals surface area contributed by atoms with E-state index in [2.05, 4.69) is 0 Å². The van der Waals surface area contributed by atoms with Crippen molar-refractivity contribution in [2.45, 2.75) is 57.0 Å². The van der Waals surface area contributed by atoms with E-state index in [0.29, 0.717) is 24.2 Å². The quantitative estimate of drug-likeness (QED) is 0.191. The summed E-state index contributed by atoms with van der Waals surface area (Å²) in [7, 11) is 1.28. The van der Waals surface area contributed by atoms with E-state index in [0.717, 1.165) is 33.7 Å². The third-order valence-corrected chi connectivity index (χ3v) is 6.15. The van der Waals surface area contributed by atoms with E-state index in [1.807, 2.05) is 32.9 Å². The predicted molar refractivity (Wildman–Crippen MR) is 116 cm³/mol. The van der Waals surface area contributed by atoms with Gasteiger partial charge in [-0.2, -0.15) is 13.2 Å². The van der Waals surface area contributed by atoms with E-state index in [1.165, 1.54) is 31.0 Å². The molecular formula is C24H27F3O3S. The molecule has 0 saturated carbocycles. The van der Waals surface area contributed by atoms with Gasteiger partial charge in [-0.05, 0) is 80.3 Å². The molecule has 2 aromatic carbocycles.